The molecule has 10 nitrogen and oxygen atoms in total. The van der Waals surface area contributed by atoms with Crippen LogP contribution in [-0.2, 0) is 16.0 Å². The maximum absolute atomic E-state index is 13.1. The first-order valence-electron chi connectivity index (χ1n) is 9.78. The van der Waals surface area contributed by atoms with E-state index in [1.807, 2.05) is 11.8 Å². The molecule has 4 amide bonds. The highest BCUT2D eigenvalue weighted by Gasteiger charge is 2.62. The van der Waals surface area contributed by atoms with Crippen molar-refractivity contribution in [3.8, 4) is 0 Å². The van der Waals surface area contributed by atoms with Crippen molar-refractivity contribution < 1.29 is 19.3 Å². The number of amides is 4. The van der Waals surface area contributed by atoms with Crippen molar-refractivity contribution in [1.82, 2.24) is 16.0 Å². The second-order valence-corrected chi connectivity index (χ2v) is 7.84. The Bertz CT molecular complexity index is 896. The summed E-state index contributed by atoms with van der Waals surface area (Å²) < 4.78 is 0. The lowest BCUT2D eigenvalue weighted by molar-refractivity contribution is -0.384. The Morgan fingerprint density at radius 3 is 2.45 bits per heavy atom. The highest BCUT2D eigenvalue weighted by Crippen LogP contribution is 2.47. The molecular weight excluding hydrogens is 378 g/mol. The summed E-state index contributed by atoms with van der Waals surface area (Å²) in [6.45, 7) is 4.59. The molecule has 1 aromatic rings. The molecule has 0 aromatic heterocycles. The third kappa shape index (κ3) is 2.78. The van der Waals surface area contributed by atoms with Gasteiger partial charge in [-0.1, -0.05) is 13.8 Å². The van der Waals surface area contributed by atoms with Gasteiger partial charge < -0.3 is 10.2 Å². The normalized spacial score (nSPS) is 27.7. The zero-order valence-electron chi connectivity index (χ0n) is 16.2. The van der Waals surface area contributed by atoms with Crippen LogP contribution in [0, 0.1) is 15.5 Å². The molecule has 0 unspecified atom stereocenters. The molecule has 3 aliphatic heterocycles. The number of anilines is 1. The van der Waals surface area contributed by atoms with E-state index in [1.54, 1.807) is 6.07 Å². The molecule has 3 atom stereocenters. The Hall–Kier alpha value is -3.01. The lowest BCUT2D eigenvalue weighted by Crippen LogP contribution is -2.77. The number of hydrogen-bond donors (Lipinski definition) is 3. The number of rotatable bonds is 3. The number of urea groups is 1. The summed E-state index contributed by atoms with van der Waals surface area (Å²) in [5.74, 6) is -1.32. The van der Waals surface area contributed by atoms with Crippen LogP contribution < -0.4 is 20.9 Å². The summed E-state index contributed by atoms with van der Waals surface area (Å²) in [4.78, 5) is 50.8. The molecule has 0 radical (unpaired) electrons. The van der Waals surface area contributed by atoms with Crippen LogP contribution in [0.4, 0.5) is 16.2 Å². The van der Waals surface area contributed by atoms with E-state index in [0.29, 0.717) is 18.5 Å². The van der Waals surface area contributed by atoms with Gasteiger partial charge in [0.15, 0.2) is 5.41 Å². The number of piperazine rings is 1. The minimum atomic E-state index is -1.55. The summed E-state index contributed by atoms with van der Waals surface area (Å²) in [6, 6.07) is 3.19. The number of barbiturate groups is 1. The molecule has 3 N–H and O–H groups in total. The molecule has 4 rings (SSSR count). The van der Waals surface area contributed by atoms with Gasteiger partial charge in [-0.15, -0.1) is 0 Å². The second-order valence-electron chi connectivity index (χ2n) is 7.84. The van der Waals surface area contributed by atoms with E-state index < -0.39 is 34.2 Å². The van der Waals surface area contributed by atoms with Crippen molar-refractivity contribution in [2.24, 2.45) is 5.41 Å². The quantitative estimate of drug-likeness (QED) is 0.388. The number of benzene rings is 1. The Balaban J connectivity index is 1.92. The SMILES string of the molecule is CC[C@@H]1CN2c3ccc([N+](=O)[O-])cc3CC3(C(=O)NC(=O)NC3=O)[C@H]2[C@H](CC)N1. The number of imide groups is 2. The van der Waals surface area contributed by atoms with Crippen molar-refractivity contribution in [3.63, 3.8) is 0 Å². The first kappa shape index (κ1) is 19.3. The smallest absolute Gasteiger partial charge is 0.328 e. The fourth-order valence-electron chi connectivity index (χ4n) is 4.97. The number of nitrogens with zero attached hydrogens (tertiary/aromatic N) is 2. The van der Waals surface area contributed by atoms with Crippen LogP contribution in [0.1, 0.15) is 32.3 Å². The number of hydrogen-bond acceptors (Lipinski definition) is 7. The lowest BCUT2D eigenvalue weighted by Gasteiger charge is -2.56. The fourth-order valence-corrected chi connectivity index (χ4v) is 4.97. The summed E-state index contributed by atoms with van der Waals surface area (Å²) in [5.41, 5.74) is -0.300. The first-order valence-corrected chi connectivity index (χ1v) is 9.78. The maximum Gasteiger partial charge on any atom is 0.328 e. The van der Waals surface area contributed by atoms with Crippen LogP contribution in [0.15, 0.2) is 18.2 Å². The van der Waals surface area contributed by atoms with Gasteiger partial charge in [0.2, 0.25) is 11.8 Å². The number of carbonyl (C=O) groups excluding carboxylic acids is 3. The lowest BCUT2D eigenvalue weighted by atomic mass is 9.65. The van der Waals surface area contributed by atoms with Gasteiger partial charge in [0.05, 0.1) is 11.0 Å². The third-order valence-electron chi connectivity index (χ3n) is 6.34. The van der Waals surface area contributed by atoms with E-state index in [-0.39, 0.29) is 24.2 Å². The molecule has 3 heterocycles. The first-order chi connectivity index (χ1) is 13.8. The topological polar surface area (TPSA) is 134 Å². The zero-order valence-corrected chi connectivity index (χ0v) is 16.2. The van der Waals surface area contributed by atoms with Crippen LogP contribution in [0.3, 0.4) is 0 Å². The van der Waals surface area contributed by atoms with Gasteiger partial charge in [-0.05, 0) is 24.5 Å². The van der Waals surface area contributed by atoms with E-state index >= 15 is 0 Å². The molecule has 0 saturated carbocycles. The van der Waals surface area contributed by atoms with E-state index in [4.69, 9.17) is 0 Å². The minimum Gasteiger partial charge on any atom is -0.364 e. The molecule has 154 valence electrons. The fraction of sp³-hybridized carbons (Fsp3) is 0.526. The van der Waals surface area contributed by atoms with Crippen LogP contribution >= 0.6 is 0 Å². The largest absolute Gasteiger partial charge is 0.364 e. The van der Waals surface area contributed by atoms with Gasteiger partial charge in [-0.25, -0.2) is 4.79 Å². The van der Waals surface area contributed by atoms with Gasteiger partial charge in [0, 0.05) is 42.9 Å². The highest BCUT2D eigenvalue weighted by atomic mass is 16.6. The van der Waals surface area contributed by atoms with Gasteiger partial charge in [-0.2, -0.15) is 0 Å². The molecule has 1 spiro atoms. The Morgan fingerprint density at radius 2 is 1.86 bits per heavy atom. The summed E-state index contributed by atoms with van der Waals surface area (Å²) >= 11 is 0. The van der Waals surface area contributed by atoms with E-state index in [0.717, 1.165) is 12.1 Å². The molecular formula is C19H23N5O5. The molecule has 0 aliphatic carbocycles. The van der Waals surface area contributed by atoms with Crippen molar-refractivity contribution in [2.75, 3.05) is 11.4 Å². The van der Waals surface area contributed by atoms with Crippen molar-refractivity contribution >= 4 is 29.2 Å². The van der Waals surface area contributed by atoms with Crippen molar-refractivity contribution in [3.05, 3.63) is 33.9 Å². The van der Waals surface area contributed by atoms with Crippen LogP contribution in [0.25, 0.3) is 0 Å². The average molecular weight is 401 g/mol. The number of nitro benzene ring substituents is 1. The van der Waals surface area contributed by atoms with E-state index in [1.165, 1.54) is 12.1 Å². The molecule has 2 fully saturated rings. The number of nitro groups is 1. The number of carbonyl (C=O) groups is 3. The zero-order chi connectivity index (χ0) is 20.9. The van der Waals surface area contributed by atoms with E-state index in [9.17, 15) is 24.5 Å². The summed E-state index contributed by atoms with van der Waals surface area (Å²) in [5, 5.41) is 19.3. The summed E-state index contributed by atoms with van der Waals surface area (Å²) in [6.07, 6.45) is 1.52. The van der Waals surface area contributed by atoms with Crippen LogP contribution in [-0.4, -0.2) is 47.4 Å². The van der Waals surface area contributed by atoms with Gasteiger partial charge in [0.1, 0.15) is 0 Å². The van der Waals surface area contributed by atoms with Gasteiger partial charge >= 0.3 is 6.03 Å². The highest BCUT2D eigenvalue weighted by molar-refractivity contribution is 6.20. The molecule has 3 aliphatic rings. The maximum atomic E-state index is 13.1. The monoisotopic (exact) mass is 401 g/mol. The third-order valence-corrected chi connectivity index (χ3v) is 6.34. The van der Waals surface area contributed by atoms with E-state index in [2.05, 4.69) is 22.9 Å². The number of fused-ring (bicyclic) bond motifs is 4. The van der Waals surface area contributed by atoms with Crippen LogP contribution in [0.5, 0.6) is 0 Å². The number of nitrogens with one attached hydrogen (secondary N) is 3. The second kappa shape index (κ2) is 6.80. The molecule has 0 bridgehead atoms. The van der Waals surface area contributed by atoms with Gasteiger partial charge in [0.25, 0.3) is 5.69 Å². The molecule has 2 saturated heterocycles. The number of non-ortho nitro benzene ring substituents is 1. The molecule has 1 aromatic carbocycles. The van der Waals surface area contributed by atoms with Crippen molar-refractivity contribution in [2.45, 2.75) is 51.2 Å². The average Bonchev–Trinajstić information content (AvgIpc) is 2.70. The standard InChI is InChI=1S/C19H23N5O5/c1-3-11-9-23-14-6-5-12(24(28)29)7-10(14)8-19(15(23)13(4-2)20-11)16(25)21-18(27)22-17(19)26/h5-7,11,13,15,20H,3-4,8-9H2,1-2H3,(H2,21,22,25,26,27)/t11-,13+,15-/m1/s1. The Labute approximate surface area is 167 Å². The minimum absolute atomic E-state index is 0.00883. The Kier molecular flexibility index (Phi) is 4.53. The Morgan fingerprint density at radius 1 is 1.17 bits per heavy atom. The predicted molar refractivity (Wildman–Crippen MR) is 103 cm³/mol. The molecule has 10 heteroatoms. The molecule has 29 heavy (non-hydrogen) atoms. The summed E-state index contributed by atoms with van der Waals surface area (Å²) in [7, 11) is 0. The van der Waals surface area contributed by atoms with Gasteiger partial charge in [-0.3, -0.25) is 30.3 Å². The van der Waals surface area contributed by atoms with Crippen LogP contribution in [0.2, 0.25) is 0 Å². The predicted octanol–water partition coefficient (Wildman–Crippen LogP) is 0.839. The van der Waals surface area contributed by atoms with Crippen molar-refractivity contribution in [1.29, 1.82) is 0 Å².